The Morgan fingerprint density at radius 3 is 2.36 bits per heavy atom. The second-order valence-corrected chi connectivity index (χ2v) is 10.3. The number of rotatable bonds is 7. The second kappa shape index (κ2) is 9.82. The topological polar surface area (TPSA) is 115 Å². The smallest absolute Gasteiger partial charge is 0.344 e. The molecule has 2 amide bonds. The lowest BCUT2D eigenvalue weighted by Gasteiger charge is -2.29. The summed E-state index contributed by atoms with van der Waals surface area (Å²) in [5.74, 6) is -1.20. The zero-order valence-corrected chi connectivity index (χ0v) is 21.0. The van der Waals surface area contributed by atoms with Crippen molar-refractivity contribution in [3.05, 3.63) is 68.6 Å². The fourth-order valence-corrected chi connectivity index (χ4v) is 6.99. The molecule has 0 saturated carbocycles. The number of carbonyl (C=O) groups excluding carboxylic acids is 3. The van der Waals surface area contributed by atoms with Crippen molar-refractivity contribution in [2.75, 3.05) is 25.2 Å². The Kier molecular flexibility index (Phi) is 6.59. The van der Waals surface area contributed by atoms with E-state index in [0.29, 0.717) is 22.2 Å². The van der Waals surface area contributed by atoms with Gasteiger partial charge in [0.15, 0.2) is 6.61 Å². The zero-order valence-electron chi connectivity index (χ0n) is 19.4. The van der Waals surface area contributed by atoms with Gasteiger partial charge < -0.3 is 19.2 Å². The molecular weight excluding hydrogens is 504 g/mol. The van der Waals surface area contributed by atoms with E-state index in [1.807, 2.05) is 0 Å². The number of methoxy groups -OCH3 is 1. The molecule has 3 aromatic rings. The number of fused-ring (bicyclic) bond motifs is 2. The third-order valence-electron chi connectivity index (χ3n) is 6.06. The summed E-state index contributed by atoms with van der Waals surface area (Å²) >= 11 is 2.27. The number of aromatic nitrogens is 1. The maximum absolute atomic E-state index is 13.7. The Hall–Kier alpha value is -3.57. The van der Waals surface area contributed by atoms with Crippen molar-refractivity contribution in [1.82, 2.24) is 4.98 Å². The third kappa shape index (κ3) is 4.28. The highest BCUT2D eigenvalue weighted by Crippen LogP contribution is 2.53. The van der Waals surface area contributed by atoms with Crippen molar-refractivity contribution in [1.29, 1.82) is 0 Å². The first kappa shape index (κ1) is 24.1. The Morgan fingerprint density at radius 2 is 1.69 bits per heavy atom. The predicted octanol–water partition coefficient (Wildman–Crippen LogP) is 3.18. The number of amides is 2. The second-order valence-electron chi connectivity index (χ2n) is 8.12. The van der Waals surface area contributed by atoms with E-state index in [4.69, 9.17) is 14.2 Å². The van der Waals surface area contributed by atoms with E-state index in [1.54, 1.807) is 62.6 Å². The van der Waals surface area contributed by atoms with Crippen LogP contribution < -0.4 is 19.2 Å². The lowest BCUT2D eigenvalue weighted by molar-refractivity contribution is -0.145. The highest BCUT2D eigenvalue weighted by Gasteiger charge is 2.56. The van der Waals surface area contributed by atoms with Crippen LogP contribution in [0.15, 0.2) is 58.4 Å². The van der Waals surface area contributed by atoms with Gasteiger partial charge in [-0.15, -0.1) is 0 Å². The molecule has 3 heterocycles. The number of thiazole rings is 1. The first-order chi connectivity index (χ1) is 17.4. The largest absolute Gasteiger partial charge is 0.497 e. The van der Waals surface area contributed by atoms with E-state index >= 15 is 0 Å². The molecule has 11 heteroatoms. The van der Waals surface area contributed by atoms with Gasteiger partial charge in [-0.05, 0) is 48.9 Å². The van der Waals surface area contributed by atoms with E-state index < -0.39 is 23.1 Å². The van der Waals surface area contributed by atoms with Crippen LogP contribution in [-0.2, 0) is 19.1 Å². The van der Waals surface area contributed by atoms with Crippen LogP contribution >= 0.6 is 23.1 Å². The Morgan fingerprint density at radius 1 is 1.00 bits per heavy atom. The molecule has 0 radical (unpaired) electrons. The van der Waals surface area contributed by atoms with Crippen LogP contribution in [0.2, 0.25) is 0 Å². The number of carbonyl (C=O) groups is 3. The van der Waals surface area contributed by atoms with E-state index in [-0.39, 0.29) is 29.9 Å². The average molecular weight is 527 g/mol. The van der Waals surface area contributed by atoms with Gasteiger partial charge in [0, 0.05) is 10.8 Å². The minimum absolute atomic E-state index is 0.217. The van der Waals surface area contributed by atoms with Gasteiger partial charge in [-0.1, -0.05) is 35.2 Å². The normalized spacial score (nSPS) is 20.6. The number of esters is 1. The van der Waals surface area contributed by atoms with Crippen LogP contribution in [0.5, 0.6) is 11.5 Å². The number of hydrogen-bond acceptors (Lipinski definition) is 9. The average Bonchev–Trinajstić information content (AvgIpc) is 3.37. The Bertz CT molecular complexity index is 1360. The highest BCUT2D eigenvalue weighted by molar-refractivity contribution is 8.00. The Balaban J connectivity index is 1.48. The maximum Gasteiger partial charge on any atom is 0.344 e. The molecule has 2 aromatic carbocycles. The van der Waals surface area contributed by atoms with Gasteiger partial charge in [-0.2, -0.15) is 0 Å². The molecule has 186 valence electrons. The van der Waals surface area contributed by atoms with Crippen molar-refractivity contribution in [3.63, 3.8) is 0 Å². The lowest BCUT2D eigenvalue weighted by atomic mass is 9.83. The molecule has 2 aliphatic heterocycles. The SMILES string of the molecule is CCOC(=O)COc1ccc(C2c3sc(=O)[nH]c3SC3C(=O)N(c4ccc(OC)cc4)C(=O)C32)cc1. The van der Waals surface area contributed by atoms with Crippen LogP contribution in [0.25, 0.3) is 0 Å². The molecule has 1 saturated heterocycles. The molecule has 0 spiro atoms. The first-order valence-electron chi connectivity index (χ1n) is 11.2. The number of hydrogen-bond donors (Lipinski definition) is 1. The quantitative estimate of drug-likeness (QED) is 0.369. The van der Waals surface area contributed by atoms with Crippen LogP contribution in [-0.4, -0.2) is 48.3 Å². The highest BCUT2D eigenvalue weighted by atomic mass is 32.2. The zero-order chi connectivity index (χ0) is 25.4. The third-order valence-corrected chi connectivity index (χ3v) is 8.46. The van der Waals surface area contributed by atoms with Crippen LogP contribution in [0, 0.1) is 5.92 Å². The fourth-order valence-electron chi connectivity index (χ4n) is 4.48. The summed E-state index contributed by atoms with van der Waals surface area (Å²) in [6, 6.07) is 13.7. The first-order valence-corrected chi connectivity index (χ1v) is 12.9. The molecule has 1 aromatic heterocycles. The molecule has 0 aliphatic carbocycles. The summed E-state index contributed by atoms with van der Waals surface area (Å²) in [4.78, 5) is 55.5. The van der Waals surface area contributed by atoms with Gasteiger partial charge in [0.1, 0.15) is 16.7 Å². The van der Waals surface area contributed by atoms with E-state index in [9.17, 15) is 19.2 Å². The molecule has 0 bridgehead atoms. The van der Waals surface area contributed by atoms with Crippen molar-refractivity contribution in [3.8, 4) is 11.5 Å². The van der Waals surface area contributed by atoms with Crippen molar-refractivity contribution >= 4 is 46.6 Å². The number of benzene rings is 2. The molecule has 36 heavy (non-hydrogen) atoms. The lowest BCUT2D eigenvalue weighted by Crippen LogP contribution is -2.32. The van der Waals surface area contributed by atoms with E-state index in [2.05, 4.69) is 4.98 Å². The van der Waals surface area contributed by atoms with Crippen molar-refractivity contribution in [2.45, 2.75) is 23.1 Å². The maximum atomic E-state index is 13.7. The van der Waals surface area contributed by atoms with Gasteiger partial charge in [0.2, 0.25) is 11.8 Å². The predicted molar refractivity (Wildman–Crippen MR) is 134 cm³/mol. The molecule has 3 unspecified atom stereocenters. The van der Waals surface area contributed by atoms with Crippen LogP contribution in [0.3, 0.4) is 0 Å². The summed E-state index contributed by atoms with van der Waals surface area (Å²) in [5.41, 5.74) is 1.24. The summed E-state index contributed by atoms with van der Waals surface area (Å²) in [6.45, 7) is 1.77. The summed E-state index contributed by atoms with van der Waals surface area (Å²) in [7, 11) is 1.54. The number of anilines is 1. The number of nitrogens with zero attached hydrogens (tertiary/aromatic N) is 1. The minimum Gasteiger partial charge on any atom is -0.497 e. The molecule has 2 aliphatic rings. The number of nitrogens with one attached hydrogen (secondary N) is 1. The van der Waals surface area contributed by atoms with E-state index in [0.717, 1.165) is 21.8 Å². The Labute approximate surface area is 214 Å². The number of aromatic amines is 1. The molecular formula is C25H22N2O7S2. The number of ether oxygens (including phenoxy) is 3. The minimum atomic E-state index is -0.685. The molecule has 1 N–H and O–H groups in total. The summed E-state index contributed by atoms with van der Waals surface area (Å²) in [6.07, 6.45) is 0. The molecule has 5 rings (SSSR count). The number of H-pyrrole nitrogens is 1. The summed E-state index contributed by atoms with van der Waals surface area (Å²) in [5, 5.41) is -0.0706. The van der Waals surface area contributed by atoms with Gasteiger partial charge in [-0.3, -0.25) is 14.4 Å². The fraction of sp³-hybridized carbons (Fsp3) is 0.280. The van der Waals surface area contributed by atoms with Crippen LogP contribution in [0.1, 0.15) is 23.3 Å². The number of thioether (sulfide) groups is 1. The van der Waals surface area contributed by atoms with E-state index in [1.165, 1.54) is 16.7 Å². The van der Waals surface area contributed by atoms with Crippen molar-refractivity contribution in [2.24, 2.45) is 5.92 Å². The van der Waals surface area contributed by atoms with Crippen molar-refractivity contribution < 1.29 is 28.6 Å². The molecule has 9 nitrogen and oxygen atoms in total. The number of imide groups is 1. The van der Waals surface area contributed by atoms with Crippen LogP contribution in [0.4, 0.5) is 5.69 Å². The standard InChI is InChI=1S/C25H22N2O7S2/c1-3-33-17(28)12-34-16-8-4-13(5-9-16)18-19-21(35-22-20(18)36-25(31)26-22)24(30)27(23(19)29)14-6-10-15(32-2)11-7-14/h4-11,18-19,21H,3,12H2,1-2H3,(H,26,31). The van der Waals surface area contributed by atoms with Gasteiger partial charge in [0.25, 0.3) is 0 Å². The van der Waals surface area contributed by atoms with Gasteiger partial charge in [0.05, 0.1) is 30.3 Å². The summed E-state index contributed by atoms with van der Waals surface area (Å²) < 4.78 is 15.5. The van der Waals surface area contributed by atoms with Gasteiger partial charge >= 0.3 is 10.8 Å². The van der Waals surface area contributed by atoms with Gasteiger partial charge in [-0.25, -0.2) is 9.69 Å². The molecule has 3 atom stereocenters. The monoisotopic (exact) mass is 526 g/mol. The molecule has 1 fully saturated rings.